The van der Waals surface area contributed by atoms with Crippen LogP contribution in [0.15, 0.2) is 35.1 Å². The van der Waals surface area contributed by atoms with Gasteiger partial charge in [0, 0.05) is 4.88 Å². The molecule has 0 spiro atoms. The van der Waals surface area contributed by atoms with E-state index in [1.165, 1.54) is 31.0 Å². The number of methoxy groups -OCH3 is 1. The van der Waals surface area contributed by atoms with Gasteiger partial charge in [-0.1, -0.05) is 6.07 Å². The Morgan fingerprint density at radius 3 is 2.95 bits per heavy atom. The first-order chi connectivity index (χ1) is 9.53. The molecule has 0 saturated heterocycles. The Balaban J connectivity index is 2.22. The quantitative estimate of drug-likeness (QED) is 0.776. The highest BCUT2D eigenvalue weighted by atomic mass is 32.2. The van der Waals surface area contributed by atoms with Gasteiger partial charge >= 0.3 is 5.97 Å². The van der Waals surface area contributed by atoms with Gasteiger partial charge in [0.25, 0.3) is 10.0 Å². The van der Waals surface area contributed by atoms with Crippen molar-refractivity contribution in [2.75, 3.05) is 7.11 Å². The molecule has 0 aliphatic rings. The molecule has 2 aromatic heterocycles. The number of rotatable bonds is 6. The second-order valence-electron chi connectivity index (χ2n) is 3.89. The van der Waals surface area contributed by atoms with Gasteiger partial charge in [-0.3, -0.25) is 4.79 Å². The van der Waals surface area contributed by atoms with Gasteiger partial charge in [-0.15, -0.1) is 11.3 Å². The molecule has 108 valence electrons. The monoisotopic (exact) mass is 315 g/mol. The van der Waals surface area contributed by atoms with E-state index >= 15 is 0 Å². The van der Waals surface area contributed by atoms with Crippen LogP contribution in [-0.4, -0.2) is 31.5 Å². The number of carbonyl (C=O) groups excluding carboxylic acids is 1. The lowest BCUT2D eigenvalue weighted by molar-refractivity contribution is -0.141. The number of carbonyl (C=O) groups is 1. The number of nitrogens with zero attached hydrogens (tertiary/aromatic N) is 1. The summed E-state index contributed by atoms with van der Waals surface area (Å²) in [6, 6.07) is 2.87. The molecular formula is C11H13N3O4S2. The van der Waals surface area contributed by atoms with E-state index in [-0.39, 0.29) is 11.4 Å². The highest BCUT2D eigenvalue weighted by molar-refractivity contribution is 7.89. The van der Waals surface area contributed by atoms with Gasteiger partial charge < -0.3 is 9.72 Å². The molecule has 9 heteroatoms. The molecule has 0 bridgehead atoms. The van der Waals surface area contributed by atoms with E-state index in [1.807, 2.05) is 5.38 Å². The molecule has 2 aromatic rings. The molecule has 0 saturated carbocycles. The third-order valence-electron chi connectivity index (χ3n) is 2.55. The van der Waals surface area contributed by atoms with Crippen molar-refractivity contribution in [3.05, 3.63) is 34.9 Å². The van der Waals surface area contributed by atoms with Crippen LogP contribution >= 0.6 is 11.3 Å². The van der Waals surface area contributed by atoms with Crippen LogP contribution in [0.4, 0.5) is 0 Å². The number of H-pyrrole nitrogens is 1. The average Bonchev–Trinajstić information content (AvgIpc) is 3.10. The maximum atomic E-state index is 12.1. The number of aromatic amines is 1. The number of aromatic nitrogens is 2. The van der Waals surface area contributed by atoms with Crippen molar-refractivity contribution in [3.63, 3.8) is 0 Å². The first-order valence-electron chi connectivity index (χ1n) is 5.64. The third-order valence-corrected chi connectivity index (χ3v) is 4.93. The van der Waals surface area contributed by atoms with Gasteiger partial charge in [-0.2, -0.15) is 0 Å². The predicted molar refractivity (Wildman–Crippen MR) is 72.6 cm³/mol. The van der Waals surface area contributed by atoms with Crippen molar-refractivity contribution in [1.82, 2.24) is 14.7 Å². The number of thiophene rings is 1. The van der Waals surface area contributed by atoms with Crippen molar-refractivity contribution in [2.24, 2.45) is 0 Å². The number of sulfonamides is 1. The summed E-state index contributed by atoms with van der Waals surface area (Å²) in [5.41, 5.74) is 0. The fourth-order valence-corrected chi connectivity index (χ4v) is 3.55. The molecule has 2 rings (SSSR count). The minimum absolute atomic E-state index is 0.0519. The van der Waals surface area contributed by atoms with E-state index in [0.29, 0.717) is 0 Å². The van der Waals surface area contributed by atoms with Crippen molar-refractivity contribution < 1.29 is 17.9 Å². The molecule has 0 aliphatic heterocycles. The minimum Gasteiger partial charge on any atom is -0.469 e. The summed E-state index contributed by atoms with van der Waals surface area (Å²) in [6.45, 7) is 0. The fraction of sp³-hybridized carbons (Fsp3) is 0.273. The number of hydrogen-bond acceptors (Lipinski definition) is 6. The SMILES string of the molecule is COC(=O)CC(NS(=O)(=O)c1cnc[nH]1)c1cccs1. The molecule has 2 N–H and O–H groups in total. The van der Waals surface area contributed by atoms with Crippen LogP contribution in [0.25, 0.3) is 0 Å². The lowest BCUT2D eigenvalue weighted by atomic mass is 10.2. The zero-order valence-corrected chi connectivity index (χ0v) is 12.2. The smallest absolute Gasteiger partial charge is 0.307 e. The van der Waals surface area contributed by atoms with Crippen LogP contribution < -0.4 is 4.72 Å². The number of nitrogens with one attached hydrogen (secondary N) is 2. The number of esters is 1. The topological polar surface area (TPSA) is 101 Å². The molecule has 7 nitrogen and oxygen atoms in total. The third kappa shape index (κ3) is 3.44. The average molecular weight is 315 g/mol. The summed E-state index contributed by atoms with van der Waals surface area (Å²) in [6.07, 6.45) is 2.39. The molecule has 0 aliphatic carbocycles. The largest absolute Gasteiger partial charge is 0.469 e. The van der Waals surface area contributed by atoms with Crippen molar-refractivity contribution in [1.29, 1.82) is 0 Å². The molecule has 1 atom stereocenters. The lowest BCUT2D eigenvalue weighted by Gasteiger charge is -2.15. The van der Waals surface area contributed by atoms with E-state index in [4.69, 9.17) is 0 Å². The van der Waals surface area contributed by atoms with E-state index < -0.39 is 22.0 Å². The lowest BCUT2D eigenvalue weighted by Crippen LogP contribution is -2.30. The Labute approximate surface area is 120 Å². The van der Waals surface area contributed by atoms with E-state index in [1.54, 1.807) is 12.1 Å². The summed E-state index contributed by atoms with van der Waals surface area (Å²) in [5, 5.41) is 1.76. The Morgan fingerprint density at radius 1 is 1.60 bits per heavy atom. The van der Waals surface area contributed by atoms with Gasteiger partial charge in [0.15, 0.2) is 5.03 Å². The highest BCUT2D eigenvalue weighted by Crippen LogP contribution is 2.24. The summed E-state index contributed by atoms with van der Waals surface area (Å²) >= 11 is 1.36. The minimum atomic E-state index is -3.77. The molecule has 0 aromatic carbocycles. The van der Waals surface area contributed by atoms with Crippen molar-refractivity contribution in [2.45, 2.75) is 17.5 Å². The first-order valence-corrected chi connectivity index (χ1v) is 8.00. The van der Waals surface area contributed by atoms with Gasteiger partial charge in [0.05, 0.1) is 32.1 Å². The zero-order valence-electron chi connectivity index (χ0n) is 10.6. The van der Waals surface area contributed by atoms with Gasteiger partial charge in [-0.05, 0) is 11.4 Å². The normalized spacial score (nSPS) is 13.1. The Bertz CT molecular complexity index is 650. The number of ether oxygens (including phenoxy) is 1. The second kappa shape index (κ2) is 6.16. The van der Waals surface area contributed by atoms with Crippen LogP contribution in [0.5, 0.6) is 0 Å². The zero-order chi connectivity index (χ0) is 14.6. The van der Waals surface area contributed by atoms with Crippen LogP contribution in [0.3, 0.4) is 0 Å². The molecule has 0 radical (unpaired) electrons. The Morgan fingerprint density at radius 2 is 2.40 bits per heavy atom. The highest BCUT2D eigenvalue weighted by Gasteiger charge is 2.25. The van der Waals surface area contributed by atoms with E-state index in [0.717, 1.165) is 4.88 Å². The van der Waals surface area contributed by atoms with Crippen molar-refractivity contribution >= 4 is 27.3 Å². The molecule has 0 amide bonds. The fourth-order valence-electron chi connectivity index (χ4n) is 1.58. The maximum Gasteiger partial charge on any atom is 0.307 e. The summed E-state index contributed by atoms with van der Waals surface area (Å²) in [5.74, 6) is -0.490. The summed E-state index contributed by atoms with van der Waals surface area (Å²) < 4.78 is 31.3. The predicted octanol–water partition coefficient (Wildman–Crippen LogP) is 1.05. The number of imidazole rings is 1. The van der Waals surface area contributed by atoms with Crippen LogP contribution in [-0.2, 0) is 19.6 Å². The summed E-state index contributed by atoms with van der Waals surface area (Å²) in [7, 11) is -2.50. The standard InChI is InChI=1S/C11H13N3O4S2/c1-18-11(15)5-8(9-3-2-4-19-9)14-20(16,17)10-6-12-7-13-10/h2-4,6-8,14H,5H2,1H3,(H,12,13). The van der Waals surface area contributed by atoms with Crippen molar-refractivity contribution in [3.8, 4) is 0 Å². The molecule has 2 heterocycles. The number of hydrogen-bond donors (Lipinski definition) is 2. The van der Waals surface area contributed by atoms with Crippen LogP contribution in [0, 0.1) is 0 Å². The van der Waals surface area contributed by atoms with Gasteiger partial charge in [0.1, 0.15) is 0 Å². The van der Waals surface area contributed by atoms with E-state index in [9.17, 15) is 13.2 Å². The second-order valence-corrected chi connectivity index (χ2v) is 6.55. The molecule has 0 fully saturated rings. The molecular weight excluding hydrogens is 302 g/mol. The Kier molecular flexibility index (Phi) is 4.53. The molecule has 1 unspecified atom stereocenters. The van der Waals surface area contributed by atoms with Gasteiger partial charge in [0.2, 0.25) is 0 Å². The summed E-state index contributed by atoms with van der Waals surface area (Å²) in [4.78, 5) is 18.3. The first kappa shape index (κ1) is 14.7. The Hall–Kier alpha value is -1.71. The maximum absolute atomic E-state index is 12.1. The van der Waals surface area contributed by atoms with Crippen LogP contribution in [0.2, 0.25) is 0 Å². The van der Waals surface area contributed by atoms with Gasteiger partial charge in [-0.25, -0.2) is 18.1 Å². The van der Waals surface area contributed by atoms with E-state index in [2.05, 4.69) is 19.4 Å². The molecule has 20 heavy (non-hydrogen) atoms. The van der Waals surface area contributed by atoms with Crippen LogP contribution in [0.1, 0.15) is 17.3 Å².